The summed E-state index contributed by atoms with van der Waals surface area (Å²) < 4.78 is 5.45. The van der Waals surface area contributed by atoms with Crippen molar-refractivity contribution in [3.63, 3.8) is 0 Å². The summed E-state index contributed by atoms with van der Waals surface area (Å²) in [6, 6.07) is 17.9. The quantitative estimate of drug-likeness (QED) is 0.756. The third-order valence-electron chi connectivity index (χ3n) is 6.34. The first-order valence-electron chi connectivity index (χ1n) is 10.8. The van der Waals surface area contributed by atoms with E-state index < -0.39 is 5.41 Å². The van der Waals surface area contributed by atoms with E-state index in [1.54, 1.807) is 4.90 Å². The molecule has 0 atom stereocenters. The van der Waals surface area contributed by atoms with Crippen LogP contribution < -0.4 is 10.2 Å². The molecule has 162 valence electrons. The number of amides is 2. The molecule has 2 amide bonds. The molecule has 2 aliphatic rings. The first kappa shape index (κ1) is 21.1. The molecule has 2 aromatic rings. The van der Waals surface area contributed by atoms with E-state index >= 15 is 0 Å². The number of hydrogen-bond acceptors (Lipinski definition) is 4. The highest BCUT2D eigenvalue weighted by atomic mass is 16.5. The molecule has 31 heavy (non-hydrogen) atoms. The Morgan fingerprint density at radius 2 is 1.68 bits per heavy atom. The Bertz CT molecular complexity index is 930. The molecule has 2 fully saturated rings. The highest BCUT2D eigenvalue weighted by molar-refractivity contribution is 6.00. The van der Waals surface area contributed by atoms with Crippen LogP contribution in [-0.2, 0) is 19.7 Å². The molecule has 0 bridgehead atoms. The molecular weight excluding hydrogens is 390 g/mol. The minimum atomic E-state index is -0.672. The lowest BCUT2D eigenvalue weighted by Crippen LogP contribution is -2.50. The van der Waals surface area contributed by atoms with E-state index in [1.165, 1.54) is 6.08 Å². The first-order valence-corrected chi connectivity index (χ1v) is 10.8. The zero-order valence-electron chi connectivity index (χ0n) is 17.8. The van der Waals surface area contributed by atoms with Crippen molar-refractivity contribution in [1.29, 1.82) is 0 Å². The normalized spacial score (nSPS) is 18.3. The van der Waals surface area contributed by atoms with Crippen LogP contribution in [0.4, 0.5) is 11.4 Å². The molecule has 0 aromatic heterocycles. The first-order chi connectivity index (χ1) is 15.1. The zero-order chi connectivity index (χ0) is 21.7. The van der Waals surface area contributed by atoms with Gasteiger partial charge in [-0.25, -0.2) is 0 Å². The van der Waals surface area contributed by atoms with Crippen LogP contribution in [0.3, 0.4) is 0 Å². The molecule has 6 nitrogen and oxygen atoms in total. The number of hydrogen-bond donors (Lipinski definition) is 1. The van der Waals surface area contributed by atoms with Gasteiger partial charge in [-0.15, -0.1) is 0 Å². The van der Waals surface area contributed by atoms with Crippen LogP contribution in [0.25, 0.3) is 0 Å². The van der Waals surface area contributed by atoms with Gasteiger partial charge < -0.3 is 19.9 Å². The second-order valence-electron chi connectivity index (χ2n) is 8.08. The number of carbonyl (C=O) groups is 2. The Labute approximate surface area is 183 Å². The standard InChI is InChI=1S/C25H29N3O3/c1-2-23(29)28-13-11-25(12-14-28,20-7-4-3-5-8-20)24(30)26-21-9-6-10-22(19-21)27-15-17-31-18-16-27/h2-10,19H,1,11-18H2,(H,26,30). The summed E-state index contributed by atoms with van der Waals surface area (Å²) in [5, 5.41) is 3.17. The van der Waals surface area contributed by atoms with Crippen LogP contribution in [0.15, 0.2) is 67.3 Å². The highest BCUT2D eigenvalue weighted by Gasteiger charge is 2.43. The minimum absolute atomic E-state index is 0.0245. The molecule has 0 unspecified atom stereocenters. The van der Waals surface area contributed by atoms with Gasteiger partial charge in [0.05, 0.1) is 18.6 Å². The molecule has 6 heteroatoms. The van der Waals surface area contributed by atoms with E-state index in [4.69, 9.17) is 4.74 Å². The molecule has 0 spiro atoms. The highest BCUT2D eigenvalue weighted by Crippen LogP contribution is 2.37. The number of morpholine rings is 1. The molecule has 0 radical (unpaired) electrons. The monoisotopic (exact) mass is 419 g/mol. The number of benzene rings is 2. The van der Waals surface area contributed by atoms with E-state index in [-0.39, 0.29) is 11.8 Å². The summed E-state index contributed by atoms with van der Waals surface area (Å²) in [6.45, 7) is 7.77. The van der Waals surface area contributed by atoms with Crippen LogP contribution in [0.1, 0.15) is 18.4 Å². The topological polar surface area (TPSA) is 61.9 Å². The summed E-state index contributed by atoms with van der Waals surface area (Å²) in [6.07, 6.45) is 2.49. The van der Waals surface area contributed by atoms with Gasteiger partial charge in [0.25, 0.3) is 0 Å². The van der Waals surface area contributed by atoms with Gasteiger partial charge in [0.15, 0.2) is 0 Å². The second-order valence-corrected chi connectivity index (χ2v) is 8.08. The van der Waals surface area contributed by atoms with Crippen LogP contribution in [0.2, 0.25) is 0 Å². The van der Waals surface area contributed by atoms with Gasteiger partial charge in [-0.1, -0.05) is 43.0 Å². The van der Waals surface area contributed by atoms with Gasteiger partial charge in [0, 0.05) is 37.6 Å². The Morgan fingerprint density at radius 3 is 2.35 bits per heavy atom. The van der Waals surface area contributed by atoms with Gasteiger partial charge in [-0.2, -0.15) is 0 Å². The lowest BCUT2D eigenvalue weighted by molar-refractivity contribution is -0.131. The number of carbonyl (C=O) groups excluding carboxylic acids is 2. The molecule has 2 saturated heterocycles. The maximum absolute atomic E-state index is 13.7. The predicted octanol–water partition coefficient (Wildman–Crippen LogP) is 3.21. The fourth-order valence-corrected chi connectivity index (χ4v) is 4.49. The van der Waals surface area contributed by atoms with Crippen molar-refractivity contribution in [3.05, 3.63) is 72.8 Å². The fourth-order valence-electron chi connectivity index (χ4n) is 4.49. The number of ether oxygens (including phenoxy) is 1. The molecular formula is C25H29N3O3. The van der Waals surface area contributed by atoms with Crippen molar-refractivity contribution < 1.29 is 14.3 Å². The van der Waals surface area contributed by atoms with Gasteiger partial charge >= 0.3 is 0 Å². The number of rotatable bonds is 5. The zero-order valence-corrected chi connectivity index (χ0v) is 17.8. The third kappa shape index (κ3) is 4.49. The van der Waals surface area contributed by atoms with Crippen molar-refractivity contribution in [2.45, 2.75) is 18.3 Å². The molecule has 2 aliphatic heterocycles. The summed E-state index contributed by atoms with van der Waals surface area (Å²) in [4.78, 5) is 29.7. The number of likely N-dealkylation sites (tertiary alicyclic amines) is 1. The Hall–Kier alpha value is -3.12. The van der Waals surface area contributed by atoms with Gasteiger partial charge in [0.1, 0.15) is 0 Å². The molecule has 0 aliphatic carbocycles. The van der Waals surface area contributed by atoms with Crippen LogP contribution >= 0.6 is 0 Å². The Balaban J connectivity index is 1.56. The molecule has 1 N–H and O–H groups in total. The fraction of sp³-hybridized carbons (Fsp3) is 0.360. The number of nitrogens with one attached hydrogen (secondary N) is 1. The van der Waals surface area contributed by atoms with Gasteiger partial charge in [-0.3, -0.25) is 9.59 Å². The predicted molar refractivity (Wildman–Crippen MR) is 122 cm³/mol. The molecule has 2 aromatic carbocycles. The number of nitrogens with zero attached hydrogens (tertiary/aromatic N) is 2. The molecule has 4 rings (SSSR count). The minimum Gasteiger partial charge on any atom is -0.378 e. The van der Waals surface area contributed by atoms with Gasteiger partial charge in [0.2, 0.25) is 11.8 Å². The molecule has 2 heterocycles. The van der Waals surface area contributed by atoms with Crippen molar-refractivity contribution in [3.8, 4) is 0 Å². The third-order valence-corrected chi connectivity index (χ3v) is 6.34. The lowest BCUT2D eigenvalue weighted by atomic mass is 9.72. The van der Waals surface area contributed by atoms with Crippen LogP contribution in [0.5, 0.6) is 0 Å². The number of piperidine rings is 1. The van der Waals surface area contributed by atoms with E-state index in [2.05, 4.69) is 22.9 Å². The summed E-state index contributed by atoms with van der Waals surface area (Å²) in [7, 11) is 0. The maximum Gasteiger partial charge on any atom is 0.245 e. The molecule has 0 saturated carbocycles. The largest absolute Gasteiger partial charge is 0.378 e. The van der Waals surface area contributed by atoms with Gasteiger partial charge in [-0.05, 0) is 42.7 Å². The summed E-state index contributed by atoms with van der Waals surface area (Å²) in [5.41, 5.74) is 2.19. The van der Waals surface area contributed by atoms with Crippen LogP contribution in [-0.4, -0.2) is 56.1 Å². The van der Waals surface area contributed by atoms with Crippen LogP contribution in [0, 0.1) is 0 Å². The van der Waals surface area contributed by atoms with E-state index in [1.807, 2.05) is 48.5 Å². The maximum atomic E-state index is 13.7. The van der Waals surface area contributed by atoms with Crippen molar-refractivity contribution >= 4 is 23.2 Å². The van der Waals surface area contributed by atoms with E-state index in [0.717, 1.165) is 30.0 Å². The van der Waals surface area contributed by atoms with Crippen molar-refractivity contribution in [1.82, 2.24) is 4.90 Å². The SMILES string of the molecule is C=CC(=O)N1CCC(C(=O)Nc2cccc(N3CCOCC3)c2)(c2ccccc2)CC1. The average molecular weight is 420 g/mol. The summed E-state index contributed by atoms with van der Waals surface area (Å²) >= 11 is 0. The Morgan fingerprint density at radius 1 is 0.968 bits per heavy atom. The lowest BCUT2D eigenvalue weighted by Gasteiger charge is -2.40. The summed E-state index contributed by atoms with van der Waals surface area (Å²) in [5.74, 6) is -0.108. The Kier molecular flexibility index (Phi) is 6.37. The number of anilines is 2. The second kappa shape index (κ2) is 9.35. The smallest absolute Gasteiger partial charge is 0.245 e. The average Bonchev–Trinajstić information content (AvgIpc) is 2.85. The van der Waals surface area contributed by atoms with Crippen molar-refractivity contribution in [2.24, 2.45) is 0 Å². The van der Waals surface area contributed by atoms with E-state index in [9.17, 15) is 9.59 Å². The van der Waals surface area contributed by atoms with E-state index in [0.29, 0.717) is 39.1 Å². The van der Waals surface area contributed by atoms with Crippen molar-refractivity contribution in [2.75, 3.05) is 49.6 Å².